The van der Waals surface area contributed by atoms with Gasteiger partial charge in [-0.15, -0.1) is 0 Å². The van der Waals surface area contributed by atoms with Crippen LogP contribution in [0.1, 0.15) is 0 Å². The third-order valence-corrected chi connectivity index (χ3v) is 0. The molecule has 0 saturated carbocycles. The molecule has 0 aromatic heterocycles. The third kappa shape index (κ3) is 148000. The molecule has 0 aromatic carbocycles. The second kappa shape index (κ2) is 50.0. The van der Waals surface area contributed by atoms with Crippen molar-refractivity contribution < 1.29 is 128 Å². The quantitative estimate of drug-likeness (QED) is 0.226. The molecule has 0 atom stereocenters. The van der Waals surface area contributed by atoms with Crippen LogP contribution in [0.4, 0.5) is 0 Å². The van der Waals surface area contributed by atoms with Crippen molar-refractivity contribution in [2.75, 3.05) is 0 Å². The molecule has 0 aliphatic rings. The Hall–Kier alpha value is -0.312. The van der Waals surface area contributed by atoms with Gasteiger partial charge in [-0.25, -0.2) is 0 Å². The summed E-state index contributed by atoms with van der Waals surface area (Å²) in [5.41, 5.74) is 0. The smallest absolute Gasteiger partial charge is 0.672 e. The molecule has 0 aliphatic carbocycles. The van der Waals surface area contributed by atoms with E-state index in [2.05, 4.69) is 0 Å². The second-order valence-electron chi connectivity index (χ2n) is 1.50. The second-order valence-corrected chi connectivity index (χ2v) is 4.50. The van der Waals surface area contributed by atoms with Gasteiger partial charge in [-0.3, -0.25) is 0 Å². The van der Waals surface area contributed by atoms with E-state index < -0.39 is 55.0 Å². The van der Waals surface area contributed by atoms with Crippen molar-refractivity contribution >= 4 is 72.4 Å². The van der Waals surface area contributed by atoms with Gasteiger partial charge < -0.3 is 84.3 Å². The van der Waals surface area contributed by atoms with Gasteiger partial charge in [0, 0.05) is 55.0 Å². The van der Waals surface area contributed by atoms with Crippen LogP contribution in [0.3, 0.4) is 0 Å². The molecule has 0 unspecified atom stereocenters. The summed E-state index contributed by atoms with van der Waals surface area (Å²) >= 11 is 0. The summed E-state index contributed by atoms with van der Waals surface area (Å²) in [7, 11) is -21.8. The van der Waals surface area contributed by atoms with E-state index in [1.807, 2.05) is 0 Å². The van der Waals surface area contributed by atoms with Gasteiger partial charge in [0.05, 0.1) is 0 Å². The normalized spacial score (nSPS) is 5.33. The van der Waals surface area contributed by atoms with Crippen molar-refractivity contribution in [1.29, 1.82) is 0 Å². The molecule has 0 bridgehead atoms. The van der Waals surface area contributed by atoms with Gasteiger partial charge in [0.2, 0.25) is 0 Å². The number of rotatable bonds is 0. The van der Waals surface area contributed by atoms with Crippen molar-refractivity contribution in [3.8, 4) is 0 Å². The Balaban J connectivity index is -0.0000000201. The largest absolute Gasteiger partial charge is 5.00 e. The summed E-state index contributed by atoms with van der Waals surface area (Å²) < 4.78 is 51.1. The maximum atomic E-state index is 8.52. The summed E-state index contributed by atoms with van der Waals surface area (Å²) in [5, 5.41) is 0. The van der Waals surface area contributed by atoms with Crippen LogP contribution in [0.15, 0.2) is 0 Å². The fourth-order valence-electron chi connectivity index (χ4n) is 0. The Morgan fingerprint density at radius 2 is 0.333 bits per heavy atom. The summed E-state index contributed by atoms with van der Waals surface area (Å²) in [6.45, 7) is 0. The Morgan fingerprint density at radius 1 is 0.333 bits per heavy atom. The third-order valence-electron chi connectivity index (χ3n) is 0. The van der Waals surface area contributed by atoms with Crippen molar-refractivity contribution in [1.82, 2.24) is 0 Å². The van der Waals surface area contributed by atoms with Crippen LogP contribution in [-0.4, -0.2) is 72.4 Å². The summed E-state index contributed by atoms with van der Waals surface area (Å²) in [4.78, 5) is 102. The van der Waals surface area contributed by atoms with E-state index in [-0.39, 0.29) is 61.5 Å². The van der Waals surface area contributed by atoms with Gasteiger partial charge >= 0.3 is 61.5 Å². The zero-order valence-corrected chi connectivity index (χ0v) is 22.8. The van der Waals surface area contributed by atoms with Crippen LogP contribution >= 0.6 is 0 Å². The molecule has 0 N–H and O–H groups in total. The van der Waals surface area contributed by atoms with Gasteiger partial charge in [0.25, 0.3) is 0 Å². The summed E-state index contributed by atoms with van der Waals surface area (Å²) in [6.07, 6.45) is 0. The maximum Gasteiger partial charge on any atom is 5.00 e. The SMILES string of the molecule is O=[Si]([O-])[O-].O=[Si]([O-])[O-].O=[Si]([O-])[O-].O=[Si]([O-])[O-].O=[Si]([O-])[O-].O=[Si]([O-])[O-].[Al+3].[Nb+5].[Ti+4]. The minimum absolute atomic E-state index is 0. The molecule has 0 heterocycles. The van der Waals surface area contributed by atoms with Crippen LogP contribution in [0.25, 0.3) is 0 Å². The van der Waals surface area contributed by atoms with Gasteiger partial charge in [0.1, 0.15) is 0 Å². The molecule has 0 aromatic rings. The van der Waals surface area contributed by atoms with Crippen LogP contribution in [-0.2, 0) is 70.9 Å². The first-order valence-electron chi connectivity index (χ1n) is 3.67. The molecule has 0 radical (unpaired) electrons. The molecule has 0 saturated heterocycles. The minimum atomic E-state index is -3.63. The van der Waals surface area contributed by atoms with Gasteiger partial charge in [-0.1, -0.05) is 0 Å². The molecule has 27 heteroatoms. The van der Waals surface area contributed by atoms with Gasteiger partial charge in [0.15, 0.2) is 0 Å². The molecule has 0 amide bonds. The summed E-state index contributed by atoms with van der Waals surface area (Å²) in [6, 6.07) is 0. The predicted octanol–water partition coefficient (Wildman–Crippen LogP) is -17.7. The molecular formula is AlNbO18Si6Ti. The van der Waals surface area contributed by atoms with Crippen molar-refractivity contribution in [2.45, 2.75) is 0 Å². The standard InChI is InChI=1S/Al.Nb.6O3Si.Ti/c;;6*1-4(2)3;/q+3;+5;6*-2;+4. The fraction of sp³-hybridized carbons (Fsp3) is 0. The Morgan fingerprint density at radius 3 is 0.333 bits per heavy atom. The van der Waals surface area contributed by atoms with Crippen molar-refractivity contribution in [3.63, 3.8) is 0 Å². The number of hydrogen-bond donors (Lipinski definition) is 0. The average molecular weight is 624 g/mol. The van der Waals surface area contributed by atoms with E-state index in [1.165, 1.54) is 0 Å². The monoisotopic (exact) mass is 624 g/mol. The van der Waals surface area contributed by atoms with E-state index >= 15 is 0 Å². The predicted molar refractivity (Wildman–Crippen MR) is 44.4 cm³/mol. The molecule has 0 spiro atoms. The Kier molecular flexibility index (Phi) is 104. The van der Waals surface area contributed by atoms with E-state index in [0.29, 0.717) is 0 Å². The van der Waals surface area contributed by atoms with Gasteiger partial charge in [-0.2, -0.15) is 0 Å². The zero-order chi connectivity index (χ0) is 21.5. The molecule has 0 rings (SSSR count). The minimum Gasteiger partial charge on any atom is -0.672 e. The molecule has 27 heavy (non-hydrogen) atoms. The fourth-order valence-corrected chi connectivity index (χ4v) is 0. The zero-order valence-electron chi connectivity index (χ0n) is 11.9. The molecular weight excluding hydrogens is 624 g/mol. The summed E-state index contributed by atoms with van der Waals surface area (Å²) in [5.74, 6) is 0. The molecule has 0 aliphatic heterocycles. The van der Waals surface area contributed by atoms with Crippen LogP contribution in [0, 0.1) is 0 Å². The van der Waals surface area contributed by atoms with E-state index in [0.717, 1.165) is 0 Å². The van der Waals surface area contributed by atoms with Crippen molar-refractivity contribution in [3.05, 3.63) is 0 Å². The first-order valence-corrected chi connectivity index (χ1v) is 11.0. The first kappa shape index (κ1) is 56.3. The van der Waals surface area contributed by atoms with Crippen LogP contribution in [0.2, 0.25) is 0 Å². The van der Waals surface area contributed by atoms with Crippen LogP contribution in [0.5, 0.6) is 0 Å². The molecule has 144 valence electrons. The van der Waals surface area contributed by atoms with E-state index in [1.54, 1.807) is 0 Å². The first-order chi connectivity index (χ1) is 10.4. The van der Waals surface area contributed by atoms with Crippen LogP contribution < -0.4 is 57.5 Å². The number of hydrogen-bond acceptors (Lipinski definition) is 18. The maximum absolute atomic E-state index is 8.52. The average Bonchev–Trinajstić information content (AvgIpc) is 2.08. The van der Waals surface area contributed by atoms with Crippen molar-refractivity contribution in [2.24, 2.45) is 0 Å². The van der Waals surface area contributed by atoms with E-state index in [4.69, 9.17) is 84.3 Å². The Bertz CT molecular complexity index is 269. The molecule has 0 fully saturated rings. The van der Waals surface area contributed by atoms with E-state index in [9.17, 15) is 0 Å². The topological polar surface area (TPSA) is 379 Å². The van der Waals surface area contributed by atoms with Gasteiger partial charge in [-0.05, 0) is 0 Å². The molecule has 18 nitrogen and oxygen atoms in total. The Labute approximate surface area is 199 Å².